The van der Waals surface area contributed by atoms with Crippen molar-refractivity contribution in [3.05, 3.63) is 34.4 Å². The van der Waals surface area contributed by atoms with E-state index in [0.717, 1.165) is 6.54 Å². The lowest BCUT2D eigenvalue weighted by Gasteiger charge is -2.21. The number of likely N-dealkylation sites (N-methyl/N-ethyl adjacent to an activating group) is 1. The van der Waals surface area contributed by atoms with Gasteiger partial charge in [0.15, 0.2) is 0 Å². The fraction of sp³-hybridized carbons (Fsp3) is 0.625. The van der Waals surface area contributed by atoms with E-state index >= 15 is 0 Å². The van der Waals surface area contributed by atoms with Crippen molar-refractivity contribution in [2.24, 2.45) is 0 Å². The number of aryl methyl sites for hydroxylation is 3. The van der Waals surface area contributed by atoms with Gasteiger partial charge in [-0.05, 0) is 49.6 Å². The standard InChI is InChI=1S/C16H27NO2/c1-6-17-16(11-19-8-7-18-5)15-10-13(3)12(2)9-14(15)4/h9-10,16-17H,6-8,11H2,1-5H3. The van der Waals surface area contributed by atoms with Crippen molar-refractivity contribution in [2.75, 3.05) is 33.5 Å². The molecule has 3 nitrogen and oxygen atoms in total. The van der Waals surface area contributed by atoms with E-state index in [2.05, 4.69) is 45.1 Å². The minimum Gasteiger partial charge on any atom is -0.382 e. The summed E-state index contributed by atoms with van der Waals surface area (Å²) in [6, 6.07) is 4.78. The van der Waals surface area contributed by atoms with Gasteiger partial charge in [-0.3, -0.25) is 0 Å². The van der Waals surface area contributed by atoms with Gasteiger partial charge in [0.25, 0.3) is 0 Å². The summed E-state index contributed by atoms with van der Waals surface area (Å²) in [6.45, 7) is 11.5. The van der Waals surface area contributed by atoms with Crippen LogP contribution < -0.4 is 5.32 Å². The van der Waals surface area contributed by atoms with Gasteiger partial charge < -0.3 is 14.8 Å². The Balaban J connectivity index is 2.77. The Morgan fingerprint density at radius 3 is 2.37 bits per heavy atom. The average Bonchev–Trinajstić information content (AvgIpc) is 2.38. The second-order valence-corrected chi connectivity index (χ2v) is 4.97. The summed E-state index contributed by atoms with van der Waals surface area (Å²) in [5.74, 6) is 0. The molecule has 0 bridgehead atoms. The Labute approximate surface area is 117 Å². The third-order valence-electron chi connectivity index (χ3n) is 3.42. The molecule has 0 aliphatic carbocycles. The van der Waals surface area contributed by atoms with Gasteiger partial charge in [0.2, 0.25) is 0 Å². The Hall–Kier alpha value is -0.900. The smallest absolute Gasteiger partial charge is 0.0701 e. The van der Waals surface area contributed by atoms with Crippen molar-refractivity contribution in [1.82, 2.24) is 5.32 Å². The molecule has 0 radical (unpaired) electrons. The third kappa shape index (κ3) is 4.94. The van der Waals surface area contributed by atoms with E-state index in [1.807, 2.05) is 0 Å². The highest BCUT2D eigenvalue weighted by Crippen LogP contribution is 2.22. The first-order chi connectivity index (χ1) is 9.10. The average molecular weight is 265 g/mol. The second kappa shape index (κ2) is 8.31. The van der Waals surface area contributed by atoms with Crippen LogP contribution in [0.25, 0.3) is 0 Å². The van der Waals surface area contributed by atoms with Gasteiger partial charge in [-0.15, -0.1) is 0 Å². The molecule has 1 aromatic carbocycles. The van der Waals surface area contributed by atoms with Crippen LogP contribution in [0.3, 0.4) is 0 Å². The van der Waals surface area contributed by atoms with Crippen molar-refractivity contribution in [2.45, 2.75) is 33.7 Å². The van der Waals surface area contributed by atoms with Crippen LogP contribution in [-0.2, 0) is 9.47 Å². The highest BCUT2D eigenvalue weighted by Gasteiger charge is 2.14. The molecule has 0 saturated carbocycles. The summed E-state index contributed by atoms with van der Waals surface area (Å²) in [7, 11) is 1.69. The maximum Gasteiger partial charge on any atom is 0.0701 e. The SMILES string of the molecule is CCNC(COCCOC)c1cc(C)c(C)cc1C. The number of hydrogen-bond donors (Lipinski definition) is 1. The highest BCUT2D eigenvalue weighted by atomic mass is 16.5. The van der Waals surface area contributed by atoms with Crippen molar-refractivity contribution in [3.63, 3.8) is 0 Å². The molecule has 108 valence electrons. The van der Waals surface area contributed by atoms with Crippen LogP contribution in [0.15, 0.2) is 12.1 Å². The molecule has 0 spiro atoms. The number of ether oxygens (including phenoxy) is 2. The zero-order chi connectivity index (χ0) is 14.3. The molecule has 0 amide bonds. The van der Waals surface area contributed by atoms with Crippen LogP contribution in [0, 0.1) is 20.8 Å². The monoisotopic (exact) mass is 265 g/mol. The molecule has 0 saturated heterocycles. The largest absolute Gasteiger partial charge is 0.382 e. The fourth-order valence-corrected chi connectivity index (χ4v) is 2.21. The van der Waals surface area contributed by atoms with Gasteiger partial charge in [0, 0.05) is 7.11 Å². The van der Waals surface area contributed by atoms with Gasteiger partial charge in [0.05, 0.1) is 25.9 Å². The van der Waals surface area contributed by atoms with E-state index in [4.69, 9.17) is 9.47 Å². The first-order valence-electron chi connectivity index (χ1n) is 6.98. The van der Waals surface area contributed by atoms with Gasteiger partial charge in [-0.25, -0.2) is 0 Å². The zero-order valence-electron chi connectivity index (χ0n) is 12.9. The lowest BCUT2D eigenvalue weighted by Crippen LogP contribution is -2.27. The summed E-state index contributed by atoms with van der Waals surface area (Å²) < 4.78 is 10.7. The van der Waals surface area contributed by atoms with Crippen LogP contribution in [0.5, 0.6) is 0 Å². The van der Waals surface area contributed by atoms with Gasteiger partial charge >= 0.3 is 0 Å². The lowest BCUT2D eigenvalue weighted by atomic mass is 9.96. The third-order valence-corrected chi connectivity index (χ3v) is 3.42. The highest BCUT2D eigenvalue weighted by molar-refractivity contribution is 5.38. The Bertz CT molecular complexity index is 391. The van der Waals surface area contributed by atoms with E-state index in [9.17, 15) is 0 Å². The molecule has 1 rings (SSSR count). The quantitative estimate of drug-likeness (QED) is 0.733. The summed E-state index contributed by atoms with van der Waals surface area (Å²) in [5.41, 5.74) is 5.34. The predicted octanol–water partition coefficient (Wildman–Crippen LogP) is 2.93. The van der Waals surface area contributed by atoms with Gasteiger partial charge in [-0.1, -0.05) is 19.1 Å². The predicted molar refractivity (Wildman–Crippen MR) is 79.8 cm³/mol. The molecule has 3 heteroatoms. The summed E-state index contributed by atoms with van der Waals surface area (Å²) in [5, 5.41) is 3.50. The molecule has 19 heavy (non-hydrogen) atoms. The summed E-state index contributed by atoms with van der Waals surface area (Å²) in [6.07, 6.45) is 0. The van der Waals surface area contributed by atoms with Crippen molar-refractivity contribution >= 4 is 0 Å². The Morgan fingerprint density at radius 1 is 1.05 bits per heavy atom. The van der Waals surface area contributed by atoms with E-state index in [0.29, 0.717) is 19.8 Å². The molecule has 1 unspecified atom stereocenters. The van der Waals surface area contributed by atoms with E-state index in [-0.39, 0.29) is 6.04 Å². The van der Waals surface area contributed by atoms with Crippen molar-refractivity contribution in [1.29, 1.82) is 0 Å². The number of benzene rings is 1. The van der Waals surface area contributed by atoms with Crippen LogP contribution in [0.1, 0.15) is 35.2 Å². The first kappa shape index (κ1) is 16.2. The van der Waals surface area contributed by atoms with Crippen LogP contribution in [0.2, 0.25) is 0 Å². The molecule has 0 fully saturated rings. The summed E-state index contributed by atoms with van der Waals surface area (Å²) >= 11 is 0. The molecule has 0 heterocycles. The molecule has 0 aliphatic rings. The van der Waals surface area contributed by atoms with Gasteiger partial charge in [-0.2, -0.15) is 0 Å². The zero-order valence-corrected chi connectivity index (χ0v) is 12.9. The van der Waals surface area contributed by atoms with Crippen molar-refractivity contribution in [3.8, 4) is 0 Å². The molecule has 1 N–H and O–H groups in total. The molecular formula is C16H27NO2. The normalized spacial score (nSPS) is 12.7. The number of nitrogens with one attached hydrogen (secondary N) is 1. The lowest BCUT2D eigenvalue weighted by molar-refractivity contribution is 0.0587. The van der Waals surface area contributed by atoms with Crippen LogP contribution in [0.4, 0.5) is 0 Å². The Kier molecular flexibility index (Phi) is 7.06. The van der Waals surface area contributed by atoms with Crippen molar-refractivity contribution < 1.29 is 9.47 Å². The van der Waals surface area contributed by atoms with Crippen LogP contribution in [-0.4, -0.2) is 33.5 Å². The maximum absolute atomic E-state index is 5.68. The fourth-order valence-electron chi connectivity index (χ4n) is 2.21. The first-order valence-corrected chi connectivity index (χ1v) is 6.98. The minimum absolute atomic E-state index is 0.251. The summed E-state index contributed by atoms with van der Waals surface area (Å²) in [4.78, 5) is 0. The van der Waals surface area contributed by atoms with E-state index in [1.54, 1.807) is 7.11 Å². The number of methoxy groups -OCH3 is 1. The second-order valence-electron chi connectivity index (χ2n) is 4.97. The Morgan fingerprint density at radius 2 is 1.74 bits per heavy atom. The van der Waals surface area contributed by atoms with Gasteiger partial charge in [0.1, 0.15) is 0 Å². The minimum atomic E-state index is 0.251. The van der Waals surface area contributed by atoms with Crippen LogP contribution >= 0.6 is 0 Å². The maximum atomic E-state index is 5.68. The molecular weight excluding hydrogens is 238 g/mol. The van der Waals surface area contributed by atoms with E-state index in [1.165, 1.54) is 22.3 Å². The van der Waals surface area contributed by atoms with E-state index < -0.39 is 0 Å². The molecule has 1 aromatic rings. The molecule has 1 atom stereocenters. The number of rotatable bonds is 8. The number of hydrogen-bond acceptors (Lipinski definition) is 3. The topological polar surface area (TPSA) is 30.5 Å². The molecule has 0 aliphatic heterocycles. The molecule has 0 aromatic heterocycles.